The van der Waals surface area contributed by atoms with E-state index in [9.17, 15) is 4.79 Å². The molecule has 0 radical (unpaired) electrons. The number of piperidine rings is 2. The van der Waals surface area contributed by atoms with E-state index in [0.717, 1.165) is 44.1 Å². The van der Waals surface area contributed by atoms with Crippen LogP contribution in [0.15, 0.2) is 30.3 Å². The largest absolute Gasteiger partial charge is 0.492 e. The Bertz CT molecular complexity index is 610. The standard InChI is InChI=1S/C21H31N3O3/c25-20-24(13-14-26-19-6-2-1-3-7-19)17-21(27-20)8-11-23(12-9-21)16-18-5-4-10-22-15-18/h1-3,6-7,18,22H,4-5,8-17H2/t18-/m1/s1. The number of amides is 1. The van der Waals surface area contributed by atoms with Gasteiger partial charge in [-0.3, -0.25) is 0 Å². The van der Waals surface area contributed by atoms with Crippen LogP contribution in [0.2, 0.25) is 0 Å². The zero-order valence-electron chi connectivity index (χ0n) is 16.1. The van der Waals surface area contributed by atoms with Gasteiger partial charge in [0.2, 0.25) is 0 Å². The molecule has 0 aliphatic carbocycles. The molecule has 1 spiro atoms. The van der Waals surface area contributed by atoms with E-state index in [2.05, 4.69) is 10.2 Å². The molecule has 0 bridgehead atoms. The number of hydrogen-bond acceptors (Lipinski definition) is 5. The fourth-order valence-electron chi connectivity index (χ4n) is 4.50. The van der Waals surface area contributed by atoms with Gasteiger partial charge in [-0.25, -0.2) is 4.79 Å². The number of likely N-dealkylation sites (tertiary alicyclic amines) is 1. The van der Waals surface area contributed by atoms with Crippen molar-refractivity contribution < 1.29 is 14.3 Å². The number of nitrogens with zero attached hydrogens (tertiary/aromatic N) is 2. The first kappa shape index (κ1) is 18.6. The third-order valence-corrected chi connectivity index (χ3v) is 6.10. The lowest BCUT2D eigenvalue weighted by Crippen LogP contribution is -2.49. The number of rotatable bonds is 6. The van der Waals surface area contributed by atoms with Crippen LogP contribution in [-0.2, 0) is 4.74 Å². The lowest BCUT2D eigenvalue weighted by atomic mass is 9.90. The van der Waals surface area contributed by atoms with E-state index in [4.69, 9.17) is 9.47 Å². The van der Waals surface area contributed by atoms with Crippen molar-refractivity contribution in [2.45, 2.75) is 31.3 Å². The van der Waals surface area contributed by atoms with Gasteiger partial charge in [0.15, 0.2) is 0 Å². The number of carbonyl (C=O) groups excluding carboxylic acids is 1. The first-order chi connectivity index (χ1) is 13.2. The zero-order chi connectivity index (χ0) is 18.5. The molecule has 4 rings (SSSR count). The summed E-state index contributed by atoms with van der Waals surface area (Å²) in [6.07, 6.45) is 4.32. The number of hydrogen-bond donors (Lipinski definition) is 1. The van der Waals surface area contributed by atoms with E-state index in [1.807, 2.05) is 35.2 Å². The normalized spacial score (nSPS) is 25.6. The number of para-hydroxylation sites is 1. The van der Waals surface area contributed by atoms with Crippen LogP contribution in [0.5, 0.6) is 5.75 Å². The summed E-state index contributed by atoms with van der Waals surface area (Å²) < 4.78 is 11.6. The fraction of sp³-hybridized carbons (Fsp3) is 0.667. The minimum absolute atomic E-state index is 0.184. The van der Waals surface area contributed by atoms with Crippen molar-refractivity contribution >= 4 is 6.09 Å². The van der Waals surface area contributed by atoms with E-state index >= 15 is 0 Å². The summed E-state index contributed by atoms with van der Waals surface area (Å²) in [5.41, 5.74) is -0.287. The maximum Gasteiger partial charge on any atom is 0.410 e. The molecule has 0 unspecified atom stereocenters. The van der Waals surface area contributed by atoms with Gasteiger partial charge >= 0.3 is 6.09 Å². The Morgan fingerprint density at radius 3 is 2.78 bits per heavy atom. The predicted octanol–water partition coefficient (Wildman–Crippen LogP) is 2.35. The highest BCUT2D eigenvalue weighted by Crippen LogP contribution is 2.33. The predicted molar refractivity (Wildman–Crippen MR) is 104 cm³/mol. The molecule has 27 heavy (non-hydrogen) atoms. The van der Waals surface area contributed by atoms with Crippen LogP contribution in [0.4, 0.5) is 4.79 Å². The van der Waals surface area contributed by atoms with Crippen LogP contribution in [0, 0.1) is 5.92 Å². The van der Waals surface area contributed by atoms with Gasteiger partial charge in [0.05, 0.1) is 13.1 Å². The average Bonchev–Trinajstić information content (AvgIpc) is 3.01. The lowest BCUT2D eigenvalue weighted by molar-refractivity contribution is -0.00339. The molecule has 1 atom stereocenters. The molecular formula is C21H31N3O3. The summed E-state index contributed by atoms with van der Waals surface area (Å²) in [6.45, 7) is 7.30. The monoisotopic (exact) mass is 373 g/mol. The Morgan fingerprint density at radius 1 is 1.22 bits per heavy atom. The number of nitrogens with one attached hydrogen (secondary N) is 1. The maximum absolute atomic E-state index is 12.3. The van der Waals surface area contributed by atoms with Crippen LogP contribution in [-0.4, -0.2) is 73.9 Å². The summed E-state index contributed by atoms with van der Waals surface area (Å²) >= 11 is 0. The van der Waals surface area contributed by atoms with Crippen LogP contribution >= 0.6 is 0 Å². The molecule has 3 fully saturated rings. The first-order valence-electron chi connectivity index (χ1n) is 10.3. The molecular weight excluding hydrogens is 342 g/mol. The van der Waals surface area contributed by atoms with E-state index in [1.54, 1.807) is 0 Å². The highest BCUT2D eigenvalue weighted by atomic mass is 16.6. The first-order valence-corrected chi connectivity index (χ1v) is 10.3. The molecule has 0 aromatic heterocycles. The summed E-state index contributed by atoms with van der Waals surface area (Å²) in [5.74, 6) is 1.61. The molecule has 0 saturated carbocycles. The molecule has 6 heteroatoms. The highest BCUT2D eigenvalue weighted by molar-refractivity contribution is 5.70. The van der Waals surface area contributed by atoms with Gasteiger partial charge in [0.1, 0.15) is 18.0 Å². The van der Waals surface area contributed by atoms with Crippen molar-refractivity contribution in [2.75, 3.05) is 52.4 Å². The lowest BCUT2D eigenvalue weighted by Gasteiger charge is -2.39. The van der Waals surface area contributed by atoms with Crippen molar-refractivity contribution in [3.05, 3.63) is 30.3 Å². The molecule has 1 aromatic rings. The third-order valence-electron chi connectivity index (χ3n) is 6.10. The van der Waals surface area contributed by atoms with Crippen molar-refractivity contribution in [1.82, 2.24) is 15.1 Å². The van der Waals surface area contributed by atoms with E-state index in [-0.39, 0.29) is 11.7 Å². The van der Waals surface area contributed by atoms with Gasteiger partial charge in [0.25, 0.3) is 0 Å². The molecule has 6 nitrogen and oxygen atoms in total. The Hall–Kier alpha value is -1.79. The van der Waals surface area contributed by atoms with Crippen molar-refractivity contribution in [2.24, 2.45) is 5.92 Å². The maximum atomic E-state index is 12.3. The molecule has 3 saturated heterocycles. The quantitative estimate of drug-likeness (QED) is 0.830. The molecule has 3 heterocycles. The summed E-state index contributed by atoms with van der Waals surface area (Å²) in [4.78, 5) is 16.7. The van der Waals surface area contributed by atoms with E-state index in [0.29, 0.717) is 19.7 Å². The Labute approximate surface area is 161 Å². The SMILES string of the molecule is O=C1OC2(CCN(C[C@@H]3CCCNC3)CC2)CN1CCOc1ccccc1. The number of ether oxygens (including phenoxy) is 2. The van der Waals surface area contributed by atoms with Gasteiger partial charge in [-0.05, 0) is 44.0 Å². The van der Waals surface area contributed by atoms with Gasteiger partial charge in [0, 0.05) is 32.5 Å². The molecule has 1 amide bonds. The van der Waals surface area contributed by atoms with Crippen LogP contribution in [0.25, 0.3) is 0 Å². The van der Waals surface area contributed by atoms with Crippen LogP contribution in [0.1, 0.15) is 25.7 Å². The Morgan fingerprint density at radius 2 is 2.04 bits per heavy atom. The highest BCUT2D eigenvalue weighted by Gasteiger charge is 2.46. The van der Waals surface area contributed by atoms with Crippen LogP contribution in [0.3, 0.4) is 0 Å². The van der Waals surface area contributed by atoms with Gasteiger partial charge in [-0.1, -0.05) is 18.2 Å². The van der Waals surface area contributed by atoms with Crippen molar-refractivity contribution in [3.63, 3.8) is 0 Å². The molecule has 148 valence electrons. The van der Waals surface area contributed by atoms with Gasteiger partial charge in [-0.15, -0.1) is 0 Å². The zero-order valence-corrected chi connectivity index (χ0v) is 16.1. The second-order valence-corrected chi connectivity index (χ2v) is 8.15. The average molecular weight is 373 g/mol. The minimum Gasteiger partial charge on any atom is -0.492 e. The van der Waals surface area contributed by atoms with E-state index < -0.39 is 0 Å². The second kappa shape index (κ2) is 8.48. The summed E-state index contributed by atoms with van der Waals surface area (Å²) in [7, 11) is 0. The van der Waals surface area contributed by atoms with Crippen molar-refractivity contribution in [3.8, 4) is 5.75 Å². The van der Waals surface area contributed by atoms with Crippen LogP contribution < -0.4 is 10.1 Å². The van der Waals surface area contributed by atoms with Gasteiger partial charge < -0.3 is 24.6 Å². The Kier molecular flexibility index (Phi) is 5.83. The van der Waals surface area contributed by atoms with Gasteiger partial charge in [-0.2, -0.15) is 0 Å². The topological polar surface area (TPSA) is 54.0 Å². The molecule has 3 aliphatic rings. The number of carbonyl (C=O) groups is 1. The van der Waals surface area contributed by atoms with E-state index in [1.165, 1.54) is 25.9 Å². The third kappa shape index (κ3) is 4.74. The number of benzene rings is 1. The summed E-state index contributed by atoms with van der Waals surface area (Å²) in [5, 5.41) is 3.50. The Balaban J connectivity index is 1.21. The fourth-order valence-corrected chi connectivity index (χ4v) is 4.50. The summed E-state index contributed by atoms with van der Waals surface area (Å²) in [6, 6.07) is 9.73. The molecule has 1 N–H and O–H groups in total. The molecule has 3 aliphatic heterocycles. The van der Waals surface area contributed by atoms with Crippen molar-refractivity contribution in [1.29, 1.82) is 0 Å². The molecule has 1 aromatic carbocycles. The second-order valence-electron chi connectivity index (χ2n) is 8.15. The minimum atomic E-state index is -0.287. The smallest absolute Gasteiger partial charge is 0.410 e.